The molecule has 6 heteroatoms. The molecule has 0 aromatic carbocycles. The maximum Gasteiger partial charge on any atom is 0.257 e. The van der Waals surface area contributed by atoms with E-state index in [2.05, 4.69) is 20.5 Å². The number of rotatable bonds is 2. The minimum Gasteiger partial charge on any atom is -0.320 e. The fraction of sp³-hybridized carbons (Fsp3) is 0.0909. The van der Waals surface area contributed by atoms with Gasteiger partial charge in [-0.1, -0.05) is 11.6 Å². The molecule has 0 radical (unpaired) electrons. The summed E-state index contributed by atoms with van der Waals surface area (Å²) in [5, 5.41) is 10.4. The Morgan fingerprint density at radius 3 is 2.76 bits per heavy atom. The smallest absolute Gasteiger partial charge is 0.257 e. The molecule has 0 aliphatic heterocycles. The van der Waals surface area contributed by atoms with Crippen molar-refractivity contribution in [2.24, 2.45) is 0 Å². The molecule has 2 aromatic heterocycles. The molecule has 1 N–H and O–H groups in total. The number of halogens is 1. The first-order valence-electron chi connectivity index (χ1n) is 4.88. The Kier molecular flexibility index (Phi) is 3.30. The third-order valence-corrected chi connectivity index (χ3v) is 2.36. The summed E-state index contributed by atoms with van der Waals surface area (Å²) in [6, 6.07) is 4.91. The Labute approximate surface area is 103 Å². The second-order valence-electron chi connectivity index (χ2n) is 3.35. The van der Waals surface area contributed by atoms with Gasteiger partial charge < -0.3 is 5.32 Å². The Morgan fingerprint density at radius 2 is 2.12 bits per heavy atom. The van der Waals surface area contributed by atoms with Gasteiger partial charge in [-0.2, -0.15) is 10.2 Å². The van der Waals surface area contributed by atoms with Gasteiger partial charge in [-0.15, -0.1) is 0 Å². The molecule has 86 valence electrons. The van der Waals surface area contributed by atoms with Gasteiger partial charge >= 0.3 is 0 Å². The van der Waals surface area contributed by atoms with Gasteiger partial charge in [0.2, 0.25) is 0 Å². The Bertz CT molecular complexity index is 544. The van der Waals surface area contributed by atoms with E-state index in [9.17, 15) is 4.79 Å². The first kappa shape index (κ1) is 11.5. The van der Waals surface area contributed by atoms with E-state index in [4.69, 9.17) is 11.6 Å². The number of pyridine rings is 1. The quantitative estimate of drug-likeness (QED) is 0.827. The molecular formula is C11H9ClN4O. The van der Waals surface area contributed by atoms with E-state index in [1.165, 1.54) is 12.4 Å². The van der Waals surface area contributed by atoms with E-state index >= 15 is 0 Å². The van der Waals surface area contributed by atoms with Gasteiger partial charge in [-0.3, -0.25) is 4.79 Å². The maximum atomic E-state index is 11.8. The van der Waals surface area contributed by atoms with Gasteiger partial charge in [-0.25, -0.2) is 4.98 Å². The zero-order chi connectivity index (χ0) is 12.3. The zero-order valence-corrected chi connectivity index (χ0v) is 9.77. The minimum atomic E-state index is -0.257. The fourth-order valence-electron chi connectivity index (χ4n) is 1.28. The summed E-state index contributed by atoms with van der Waals surface area (Å²) in [5.41, 5.74) is 1.72. The molecule has 0 aliphatic rings. The molecule has 0 fully saturated rings. The third-order valence-electron chi connectivity index (χ3n) is 2.15. The highest BCUT2D eigenvalue weighted by molar-refractivity contribution is 6.29. The second kappa shape index (κ2) is 4.88. The van der Waals surface area contributed by atoms with E-state index < -0.39 is 0 Å². The maximum absolute atomic E-state index is 11.8. The van der Waals surface area contributed by atoms with Crippen molar-refractivity contribution >= 4 is 23.2 Å². The summed E-state index contributed by atoms with van der Waals surface area (Å²) >= 11 is 5.73. The van der Waals surface area contributed by atoms with Gasteiger partial charge in [-0.05, 0) is 25.1 Å². The second-order valence-corrected chi connectivity index (χ2v) is 3.74. The van der Waals surface area contributed by atoms with Crippen LogP contribution in [0.15, 0.2) is 30.6 Å². The van der Waals surface area contributed by atoms with Crippen LogP contribution in [0.5, 0.6) is 0 Å². The number of nitrogens with zero attached hydrogens (tertiary/aromatic N) is 3. The van der Waals surface area contributed by atoms with Crippen LogP contribution in [0.1, 0.15) is 16.1 Å². The number of nitrogens with one attached hydrogen (secondary N) is 1. The summed E-state index contributed by atoms with van der Waals surface area (Å²) in [7, 11) is 0. The Morgan fingerprint density at radius 1 is 1.29 bits per heavy atom. The van der Waals surface area contributed by atoms with Crippen molar-refractivity contribution in [1.29, 1.82) is 0 Å². The monoisotopic (exact) mass is 248 g/mol. The van der Waals surface area contributed by atoms with Crippen LogP contribution in [-0.2, 0) is 0 Å². The average molecular weight is 249 g/mol. The van der Waals surface area contributed by atoms with Crippen LogP contribution in [0.25, 0.3) is 0 Å². The van der Waals surface area contributed by atoms with Crippen LogP contribution in [0.2, 0.25) is 5.15 Å². The van der Waals surface area contributed by atoms with E-state index in [0.717, 1.165) is 0 Å². The predicted octanol–water partition coefficient (Wildman–Crippen LogP) is 2.09. The summed E-state index contributed by atoms with van der Waals surface area (Å²) in [4.78, 5) is 15.9. The minimum absolute atomic E-state index is 0.257. The van der Waals surface area contributed by atoms with Crippen molar-refractivity contribution in [1.82, 2.24) is 15.2 Å². The lowest BCUT2D eigenvalue weighted by molar-refractivity contribution is 0.102. The van der Waals surface area contributed by atoms with Crippen LogP contribution in [0.4, 0.5) is 5.69 Å². The predicted molar refractivity (Wildman–Crippen MR) is 64.0 cm³/mol. The third kappa shape index (κ3) is 2.76. The summed E-state index contributed by atoms with van der Waals surface area (Å²) in [6.45, 7) is 1.77. The van der Waals surface area contributed by atoms with Gasteiger partial charge in [0.1, 0.15) is 5.15 Å². The number of anilines is 1. The number of hydrogen-bond acceptors (Lipinski definition) is 4. The number of amides is 1. The zero-order valence-electron chi connectivity index (χ0n) is 9.01. The summed E-state index contributed by atoms with van der Waals surface area (Å²) < 4.78 is 0. The highest BCUT2D eigenvalue weighted by Crippen LogP contribution is 2.16. The SMILES string of the molecule is Cc1nc(Cl)ccc1NC(=O)c1ccnnc1. The molecule has 0 saturated heterocycles. The molecule has 0 aliphatic carbocycles. The highest BCUT2D eigenvalue weighted by atomic mass is 35.5. The van der Waals surface area contributed by atoms with E-state index in [1.54, 1.807) is 25.1 Å². The fourth-order valence-corrected chi connectivity index (χ4v) is 1.47. The van der Waals surface area contributed by atoms with Crippen molar-refractivity contribution in [3.05, 3.63) is 47.0 Å². The van der Waals surface area contributed by atoms with Crippen LogP contribution in [0, 0.1) is 6.92 Å². The van der Waals surface area contributed by atoms with E-state index in [1.807, 2.05) is 0 Å². The Balaban J connectivity index is 2.19. The number of carbonyl (C=O) groups excluding carboxylic acids is 1. The van der Waals surface area contributed by atoms with Gasteiger partial charge in [0.15, 0.2) is 0 Å². The molecule has 5 nitrogen and oxygen atoms in total. The summed E-state index contributed by atoms with van der Waals surface area (Å²) in [5.74, 6) is -0.257. The molecule has 0 atom stereocenters. The number of carbonyl (C=O) groups is 1. The normalized spacial score (nSPS) is 10.0. The molecule has 2 aromatic rings. The number of aryl methyl sites for hydroxylation is 1. The lowest BCUT2D eigenvalue weighted by Gasteiger charge is -2.07. The molecule has 0 saturated carbocycles. The standard InChI is InChI=1S/C11H9ClN4O/c1-7-9(2-3-10(12)15-7)16-11(17)8-4-5-13-14-6-8/h2-6H,1H3,(H,16,17). The van der Waals surface area contributed by atoms with Crippen LogP contribution < -0.4 is 5.32 Å². The number of hydrogen-bond donors (Lipinski definition) is 1. The Hall–Kier alpha value is -2.01. The van der Waals surface area contributed by atoms with Crippen molar-refractivity contribution < 1.29 is 4.79 Å². The van der Waals surface area contributed by atoms with E-state index in [0.29, 0.717) is 22.1 Å². The van der Waals surface area contributed by atoms with E-state index in [-0.39, 0.29) is 5.91 Å². The summed E-state index contributed by atoms with van der Waals surface area (Å²) in [6.07, 6.45) is 2.86. The molecule has 2 rings (SSSR count). The molecule has 0 unspecified atom stereocenters. The molecule has 17 heavy (non-hydrogen) atoms. The molecular weight excluding hydrogens is 240 g/mol. The first-order valence-corrected chi connectivity index (χ1v) is 5.26. The van der Waals surface area contributed by atoms with Gasteiger partial charge in [0.05, 0.1) is 29.3 Å². The average Bonchev–Trinajstić information content (AvgIpc) is 2.34. The van der Waals surface area contributed by atoms with Gasteiger partial charge in [0.25, 0.3) is 5.91 Å². The van der Waals surface area contributed by atoms with Gasteiger partial charge in [0, 0.05) is 0 Å². The molecule has 0 bridgehead atoms. The van der Waals surface area contributed by atoms with Crippen LogP contribution in [0.3, 0.4) is 0 Å². The van der Waals surface area contributed by atoms with Crippen molar-refractivity contribution in [2.75, 3.05) is 5.32 Å². The highest BCUT2D eigenvalue weighted by Gasteiger charge is 2.08. The van der Waals surface area contributed by atoms with Crippen LogP contribution >= 0.6 is 11.6 Å². The number of aromatic nitrogens is 3. The van der Waals surface area contributed by atoms with Crippen LogP contribution in [-0.4, -0.2) is 21.1 Å². The molecule has 0 spiro atoms. The first-order chi connectivity index (χ1) is 8.16. The van der Waals surface area contributed by atoms with Crippen molar-refractivity contribution in [3.8, 4) is 0 Å². The lowest BCUT2D eigenvalue weighted by atomic mass is 10.2. The molecule has 2 heterocycles. The largest absolute Gasteiger partial charge is 0.320 e. The lowest BCUT2D eigenvalue weighted by Crippen LogP contribution is -2.13. The topological polar surface area (TPSA) is 67.8 Å². The van der Waals surface area contributed by atoms with Crippen molar-refractivity contribution in [3.63, 3.8) is 0 Å². The molecule has 1 amide bonds. The van der Waals surface area contributed by atoms with Crippen molar-refractivity contribution in [2.45, 2.75) is 6.92 Å².